The van der Waals surface area contributed by atoms with E-state index in [1.165, 1.54) is 25.7 Å². The molecular formula is C32H46N2O5. The average molecular weight is 539 g/mol. The minimum absolute atomic E-state index is 0.0323. The molecule has 1 aromatic heterocycles. The van der Waals surface area contributed by atoms with Crippen LogP contribution in [0, 0.1) is 28.6 Å². The van der Waals surface area contributed by atoms with Crippen LogP contribution in [0.2, 0.25) is 0 Å². The third-order valence-corrected chi connectivity index (χ3v) is 11.9. The van der Waals surface area contributed by atoms with E-state index < -0.39 is 0 Å². The Morgan fingerprint density at radius 2 is 2.00 bits per heavy atom. The Morgan fingerprint density at radius 1 is 1.15 bits per heavy atom. The summed E-state index contributed by atoms with van der Waals surface area (Å²) in [6.07, 6.45) is 13.3. The number of aliphatic hydroxyl groups excluding tert-OH is 1. The maximum absolute atomic E-state index is 12.9. The second kappa shape index (κ2) is 10.5. The summed E-state index contributed by atoms with van der Waals surface area (Å²) in [5.41, 5.74) is 3.00. The van der Waals surface area contributed by atoms with E-state index in [9.17, 15) is 14.7 Å². The zero-order valence-electron chi connectivity index (χ0n) is 23.9. The smallest absolute Gasteiger partial charge is 0.335 e. The highest BCUT2D eigenvalue weighted by molar-refractivity contribution is 5.72. The molecule has 4 aliphatic carbocycles. The van der Waals surface area contributed by atoms with Crippen molar-refractivity contribution in [1.29, 1.82) is 0 Å². The molecular weight excluding hydrogens is 492 g/mol. The van der Waals surface area contributed by atoms with Crippen molar-refractivity contribution < 1.29 is 19.1 Å². The summed E-state index contributed by atoms with van der Waals surface area (Å²) >= 11 is 0. The van der Waals surface area contributed by atoms with Gasteiger partial charge in [0.05, 0.1) is 19.4 Å². The summed E-state index contributed by atoms with van der Waals surface area (Å²) < 4.78 is 11.3. The maximum atomic E-state index is 12.9. The van der Waals surface area contributed by atoms with Gasteiger partial charge in [0.1, 0.15) is 6.10 Å². The molecule has 1 saturated heterocycles. The van der Waals surface area contributed by atoms with Gasteiger partial charge in [0, 0.05) is 31.7 Å². The van der Waals surface area contributed by atoms with Gasteiger partial charge in [-0.1, -0.05) is 25.5 Å². The van der Waals surface area contributed by atoms with Crippen molar-refractivity contribution in [3.8, 4) is 0 Å². The van der Waals surface area contributed by atoms with Crippen molar-refractivity contribution in [1.82, 2.24) is 9.80 Å². The molecule has 7 heteroatoms. The van der Waals surface area contributed by atoms with Crippen LogP contribution in [0.15, 0.2) is 39.3 Å². The van der Waals surface area contributed by atoms with Gasteiger partial charge < -0.3 is 14.3 Å². The summed E-state index contributed by atoms with van der Waals surface area (Å²) in [4.78, 5) is 28.7. The Hall–Kier alpha value is -1.96. The summed E-state index contributed by atoms with van der Waals surface area (Å²) in [6.45, 7) is 7.85. The van der Waals surface area contributed by atoms with Crippen molar-refractivity contribution in [2.75, 3.05) is 39.8 Å². The van der Waals surface area contributed by atoms with Crippen molar-refractivity contribution in [3.05, 3.63) is 46.0 Å². The SMILES string of the molecule is CN1CCN(CC(=O)OC2CCC3(C)C(CCC4C5=CCC(c6ccc(=O)oc6)C5(C)CCC43)C2)CC1CO. The van der Waals surface area contributed by atoms with Crippen LogP contribution in [-0.4, -0.2) is 72.9 Å². The standard InChI is InChI=1S/C32H46N2O5/c1-31-12-10-24(39-30(37)18-34-15-14-33(3)23(17-34)19-35)16-22(31)5-6-25-27-8-7-26(21-4-9-29(36)38-20-21)32(27,2)13-11-28(25)31/h4,8-9,20,22-26,28,35H,5-7,10-19H2,1-3H3. The molecule has 1 aromatic rings. The highest BCUT2D eigenvalue weighted by atomic mass is 16.5. The molecule has 214 valence electrons. The quantitative estimate of drug-likeness (QED) is 0.444. The van der Waals surface area contributed by atoms with Crippen molar-refractivity contribution in [2.45, 2.75) is 83.3 Å². The molecule has 1 N–H and O–H groups in total. The number of hydrogen-bond donors (Lipinski definition) is 1. The maximum Gasteiger partial charge on any atom is 0.335 e. The molecule has 4 fully saturated rings. The molecule has 0 bridgehead atoms. The molecule has 6 rings (SSSR count). The monoisotopic (exact) mass is 538 g/mol. The lowest BCUT2D eigenvalue weighted by Crippen LogP contribution is -2.54. The number of esters is 1. The minimum atomic E-state index is -0.277. The van der Waals surface area contributed by atoms with Gasteiger partial charge in [-0.15, -0.1) is 0 Å². The van der Waals surface area contributed by atoms with Crippen LogP contribution in [0.25, 0.3) is 0 Å². The zero-order valence-corrected chi connectivity index (χ0v) is 23.9. The van der Waals surface area contributed by atoms with E-state index in [0.717, 1.165) is 44.3 Å². The van der Waals surface area contributed by atoms with E-state index in [-0.39, 0.29) is 35.8 Å². The van der Waals surface area contributed by atoms with Crippen molar-refractivity contribution >= 4 is 5.97 Å². The number of piperazine rings is 1. The van der Waals surface area contributed by atoms with E-state index in [2.05, 4.69) is 29.7 Å². The lowest BCUT2D eigenvalue weighted by atomic mass is 9.46. The van der Waals surface area contributed by atoms with Gasteiger partial charge in [-0.3, -0.25) is 14.6 Å². The summed E-state index contributed by atoms with van der Waals surface area (Å²) in [5.74, 6) is 2.23. The van der Waals surface area contributed by atoms with Gasteiger partial charge in [-0.25, -0.2) is 4.79 Å². The number of carbonyl (C=O) groups is 1. The van der Waals surface area contributed by atoms with E-state index >= 15 is 0 Å². The molecule has 0 radical (unpaired) electrons. The molecule has 39 heavy (non-hydrogen) atoms. The Morgan fingerprint density at radius 3 is 2.77 bits per heavy atom. The molecule has 0 spiro atoms. The number of likely N-dealkylation sites (N-methyl/N-ethyl adjacent to an activating group) is 1. The van der Waals surface area contributed by atoms with Crippen molar-refractivity contribution in [2.24, 2.45) is 28.6 Å². The van der Waals surface area contributed by atoms with Crippen LogP contribution in [0.4, 0.5) is 0 Å². The molecule has 1 aliphatic heterocycles. The van der Waals surface area contributed by atoms with Gasteiger partial charge in [0.2, 0.25) is 0 Å². The highest BCUT2D eigenvalue weighted by Crippen LogP contribution is 2.67. The fourth-order valence-electron chi connectivity index (χ4n) is 9.48. The van der Waals surface area contributed by atoms with Crippen LogP contribution in [0.1, 0.15) is 76.7 Å². The summed E-state index contributed by atoms with van der Waals surface area (Å²) in [6, 6.07) is 3.63. The minimum Gasteiger partial charge on any atom is -0.461 e. The van der Waals surface area contributed by atoms with Crippen LogP contribution in [-0.2, 0) is 9.53 Å². The number of fused-ring (bicyclic) bond motifs is 5. The second-order valence-corrected chi connectivity index (χ2v) is 13.7. The molecule has 5 aliphatic rings. The number of nitrogens with zero attached hydrogens (tertiary/aromatic N) is 2. The number of aliphatic hydroxyl groups is 1. The topological polar surface area (TPSA) is 83.2 Å². The number of ether oxygens (including phenoxy) is 1. The normalized spacial score (nSPS) is 40.8. The first-order valence-electron chi connectivity index (χ1n) is 15.2. The molecule has 8 unspecified atom stereocenters. The van der Waals surface area contributed by atoms with Crippen LogP contribution in [0.5, 0.6) is 0 Å². The first-order chi connectivity index (χ1) is 18.7. The van der Waals surface area contributed by atoms with E-state index in [1.54, 1.807) is 17.9 Å². The Labute approximate surface area is 232 Å². The van der Waals surface area contributed by atoms with Crippen LogP contribution >= 0.6 is 0 Å². The first-order valence-corrected chi connectivity index (χ1v) is 15.2. The third kappa shape index (κ3) is 4.82. The largest absolute Gasteiger partial charge is 0.461 e. The van der Waals surface area contributed by atoms with Gasteiger partial charge in [-0.05, 0) is 105 Å². The van der Waals surface area contributed by atoms with Gasteiger partial charge in [-0.2, -0.15) is 0 Å². The lowest BCUT2D eigenvalue weighted by Gasteiger charge is -2.59. The summed E-state index contributed by atoms with van der Waals surface area (Å²) in [7, 11) is 2.03. The number of allylic oxidation sites excluding steroid dienone is 2. The molecule has 8 atom stereocenters. The molecule has 7 nitrogen and oxygen atoms in total. The predicted molar refractivity (Wildman–Crippen MR) is 149 cm³/mol. The van der Waals surface area contributed by atoms with E-state index in [1.807, 2.05) is 13.1 Å². The van der Waals surface area contributed by atoms with Gasteiger partial charge in [0.15, 0.2) is 0 Å². The second-order valence-electron chi connectivity index (χ2n) is 13.7. The Balaban J connectivity index is 1.08. The summed E-state index contributed by atoms with van der Waals surface area (Å²) in [5, 5.41) is 9.63. The molecule has 0 aromatic carbocycles. The van der Waals surface area contributed by atoms with Gasteiger partial charge >= 0.3 is 11.6 Å². The van der Waals surface area contributed by atoms with E-state index in [0.29, 0.717) is 42.2 Å². The molecule has 2 heterocycles. The highest BCUT2D eigenvalue weighted by Gasteiger charge is 2.58. The van der Waals surface area contributed by atoms with Crippen molar-refractivity contribution in [3.63, 3.8) is 0 Å². The van der Waals surface area contributed by atoms with Gasteiger partial charge in [0.25, 0.3) is 0 Å². The Bertz CT molecular complexity index is 1140. The number of rotatable bonds is 5. The van der Waals surface area contributed by atoms with Crippen LogP contribution in [0.3, 0.4) is 0 Å². The van der Waals surface area contributed by atoms with E-state index in [4.69, 9.17) is 9.15 Å². The fraction of sp³-hybridized carbons (Fsp3) is 0.750. The molecule has 3 saturated carbocycles. The number of hydrogen-bond acceptors (Lipinski definition) is 7. The van der Waals surface area contributed by atoms with Crippen LogP contribution < -0.4 is 5.63 Å². The Kier molecular flexibility index (Phi) is 7.30. The number of carbonyl (C=O) groups excluding carboxylic acids is 1. The molecule has 0 amide bonds. The zero-order chi connectivity index (χ0) is 27.4. The average Bonchev–Trinajstić information content (AvgIpc) is 3.27. The predicted octanol–water partition coefficient (Wildman–Crippen LogP) is 4.21. The lowest BCUT2D eigenvalue weighted by molar-refractivity contribution is -0.159. The third-order valence-electron chi connectivity index (χ3n) is 11.9. The first kappa shape index (κ1) is 27.2. The fourth-order valence-corrected chi connectivity index (χ4v) is 9.48.